The molecule has 0 spiro atoms. The lowest BCUT2D eigenvalue weighted by molar-refractivity contribution is -0.140. The average molecular weight is 742 g/mol. The highest BCUT2D eigenvalue weighted by Gasteiger charge is 2.34. The number of anilines is 1. The predicted octanol–water partition coefficient (Wildman–Crippen LogP) is 6.96. The van der Waals surface area contributed by atoms with E-state index in [-0.39, 0.29) is 23.8 Å². The zero-order valence-electron chi connectivity index (χ0n) is 24.4. The summed E-state index contributed by atoms with van der Waals surface area (Å²) in [4.78, 5) is 29.8. The van der Waals surface area contributed by atoms with Crippen molar-refractivity contribution in [2.24, 2.45) is 0 Å². The molecule has 0 radical (unpaired) electrons. The second kappa shape index (κ2) is 16.0. The molecule has 7 nitrogen and oxygen atoms in total. The van der Waals surface area contributed by atoms with E-state index in [1.807, 2.05) is 61.5 Å². The SMILES string of the molecule is CCCCNC(=O)[C@H](Cc1ccccc1)N(Cc1ccc(Br)cc1)C(=O)CN(c1cccc(Br)c1)S(=O)(=O)c1ccccc1. The summed E-state index contributed by atoms with van der Waals surface area (Å²) in [6.45, 7) is 2.13. The van der Waals surface area contributed by atoms with E-state index < -0.39 is 28.5 Å². The molecule has 4 aromatic carbocycles. The van der Waals surface area contributed by atoms with Crippen LogP contribution < -0.4 is 9.62 Å². The van der Waals surface area contributed by atoms with Gasteiger partial charge in [-0.15, -0.1) is 0 Å². The standard InChI is InChI=1S/C34H35Br2N3O4S/c1-2-3-21-37-34(41)32(22-26-11-6-4-7-12-26)38(24-27-17-19-28(35)20-18-27)33(40)25-39(30-14-10-13-29(36)23-30)44(42,43)31-15-8-5-9-16-31/h4-20,23,32H,2-3,21-22,24-25H2,1H3,(H,37,41)/t32-/m0/s1. The Kier molecular flexibility index (Phi) is 12.2. The number of carbonyl (C=O) groups excluding carboxylic acids is 2. The molecule has 0 fully saturated rings. The molecule has 0 aromatic heterocycles. The summed E-state index contributed by atoms with van der Waals surface area (Å²) in [6.07, 6.45) is 1.98. The largest absolute Gasteiger partial charge is 0.354 e. The molecule has 2 amide bonds. The first-order valence-electron chi connectivity index (χ1n) is 14.4. The van der Waals surface area contributed by atoms with Crippen LogP contribution in [0, 0.1) is 0 Å². The summed E-state index contributed by atoms with van der Waals surface area (Å²) >= 11 is 6.89. The van der Waals surface area contributed by atoms with Gasteiger partial charge in [0.05, 0.1) is 10.6 Å². The van der Waals surface area contributed by atoms with Crippen molar-refractivity contribution in [1.29, 1.82) is 0 Å². The second-order valence-electron chi connectivity index (χ2n) is 10.3. The number of hydrogen-bond acceptors (Lipinski definition) is 4. The number of benzene rings is 4. The van der Waals surface area contributed by atoms with Gasteiger partial charge in [-0.2, -0.15) is 0 Å². The molecule has 0 aliphatic heterocycles. The third-order valence-corrected chi connectivity index (χ3v) is 9.88. The number of rotatable bonds is 14. The van der Waals surface area contributed by atoms with Crippen LogP contribution in [0.5, 0.6) is 0 Å². The summed E-state index contributed by atoms with van der Waals surface area (Å²) in [6, 6.07) is 31.0. The van der Waals surface area contributed by atoms with Gasteiger partial charge < -0.3 is 10.2 Å². The number of amides is 2. The Morgan fingerprint density at radius 1 is 0.795 bits per heavy atom. The zero-order chi connectivity index (χ0) is 31.5. The molecular formula is C34H35Br2N3O4S. The number of hydrogen-bond donors (Lipinski definition) is 1. The second-order valence-corrected chi connectivity index (χ2v) is 14.0. The van der Waals surface area contributed by atoms with Crippen LogP contribution in [0.3, 0.4) is 0 Å². The first-order chi connectivity index (χ1) is 21.2. The number of nitrogens with zero attached hydrogens (tertiary/aromatic N) is 2. The smallest absolute Gasteiger partial charge is 0.264 e. The molecular weight excluding hydrogens is 706 g/mol. The molecule has 4 rings (SSSR count). The van der Waals surface area contributed by atoms with Gasteiger partial charge in [0.25, 0.3) is 10.0 Å². The lowest BCUT2D eigenvalue weighted by atomic mass is 10.0. The van der Waals surface area contributed by atoms with Gasteiger partial charge in [-0.1, -0.05) is 112 Å². The molecule has 1 N–H and O–H groups in total. The molecule has 0 saturated heterocycles. The van der Waals surface area contributed by atoms with Crippen molar-refractivity contribution < 1.29 is 18.0 Å². The van der Waals surface area contributed by atoms with Crippen LogP contribution in [0.4, 0.5) is 5.69 Å². The fourth-order valence-corrected chi connectivity index (χ4v) is 6.80. The lowest BCUT2D eigenvalue weighted by Crippen LogP contribution is -2.53. The van der Waals surface area contributed by atoms with Gasteiger partial charge in [0, 0.05) is 28.5 Å². The Morgan fingerprint density at radius 2 is 1.45 bits per heavy atom. The first kappa shape index (κ1) is 33.4. The van der Waals surface area contributed by atoms with Gasteiger partial charge >= 0.3 is 0 Å². The van der Waals surface area contributed by atoms with Crippen LogP contribution in [0.1, 0.15) is 30.9 Å². The molecule has 230 valence electrons. The van der Waals surface area contributed by atoms with Crippen LogP contribution in [-0.4, -0.2) is 44.3 Å². The van der Waals surface area contributed by atoms with Crippen molar-refractivity contribution in [2.75, 3.05) is 17.4 Å². The first-order valence-corrected chi connectivity index (χ1v) is 17.4. The zero-order valence-corrected chi connectivity index (χ0v) is 28.4. The van der Waals surface area contributed by atoms with Crippen molar-refractivity contribution in [1.82, 2.24) is 10.2 Å². The van der Waals surface area contributed by atoms with Crippen LogP contribution in [0.2, 0.25) is 0 Å². The molecule has 0 bridgehead atoms. The molecule has 10 heteroatoms. The maximum atomic E-state index is 14.4. The fraction of sp³-hybridized carbons (Fsp3) is 0.235. The number of nitrogens with one attached hydrogen (secondary N) is 1. The Hall–Kier alpha value is -3.47. The Balaban J connectivity index is 1.78. The van der Waals surface area contributed by atoms with E-state index >= 15 is 0 Å². The molecule has 0 aliphatic rings. The van der Waals surface area contributed by atoms with Crippen molar-refractivity contribution in [3.05, 3.63) is 129 Å². The van der Waals surface area contributed by atoms with Crippen molar-refractivity contribution in [3.63, 3.8) is 0 Å². The van der Waals surface area contributed by atoms with Gasteiger partial charge in [-0.3, -0.25) is 13.9 Å². The van der Waals surface area contributed by atoms with Crippen LogP contribution in [-0.2, 0) is 32.6 Å². The van der Waals surface area contributed by atoms with Crippen molar-refractivity contribution in [3.8, 4) is 0 Å². The van der Waals surface area contributed by atoms with E-state index in [0.29, 0.717) is 16.7 Å². The van der Waals surface area contributed by atoms with Gasteiger partial charge in [0.2, 0.25) is 11.8 Å². The average Bonchev–Trinajstić information content (AvgIpc) is 3.03. The van der Waals surface area contributed by atoms with Crippen molar-refractivity contribution in [2.45, 2.75) is 43.7 Å². The molecule has 44 heavy (non-hydrogen) atoms. The normalized spacial score (nSPS) is 11.9. The van der Waals surface area contributed by atoms with Gasteiger partial charge in [-0.25, -0.2) is 8.42 Å². The van der Waals surface area contributed by atoms with Crippen LogP contribution in [0.15, 0.2) is 123 Å². The minimum atomic E-state index is -4.14. The number of carbonyl (C=O) groups is 2. The van der Waals surface area contributed by atoms with Gasteiger partial charge in [0.15, 0.2) is 0 Å². The highest BCUT2D eigenvalue weighted by molar-refractivity contribution is 9.10. The monoisotopic (exact) mass is 739 g/mol. The summed E-state index contributed by atoms with van der Waals surface area (Å²) in [5, 5.41) is 3.00. The minimum absolute atomic E-state index is 0.0605. The number of sulfonamides is 1. The highest BCUT2D eigenvalue weighted by atomic mass is 79.9. The third-order valence-electron chi connectivity index (χ3n) is 7.07. The maximum absolute atomic E-state index is 14.4. The van der Waals surface area contributed by atoms with Crippen LogP contribution in [0.25, 0.3) is 0 Å². The molecule has 0 saturated carbocycles. The molecule has 0 heterocycles. The third kappa shape index (κ3) is 9.03. The fourth-order valence-electron chi connectivity index (χ4n) is 4.73. The predicted molar refractivity (Wildman–Crippen MR) is 182 cm³/mol. The topological polar surface area (TPSA) is 86.8 Å². The minimum Gasteiger partial charge on any atom is -0.354 e. The van der Waals surface area contributed by atoms with Gasteiger partial charge in [-0.05, 0) is 60.0 Å². The summed E-state index contributed by atoms with van der Waals surface area (Å²) in [7, 11) is -4.14. The van der Waals surface area contributed by atoms with Gasteiger partial charge in [0.1, 0.15) is 12.6 Å². The number of unbranched alkanes of at least 4 members (excludes halogenated alkanes) is 1. The Morgan fingerprint density at radius 3 is 2.09 bits per heavy atom. The highest BCUT2D eigenvalue weighted by Crippen LogP contribution is 2.27. The summed E-state index contributed by atoms with van der Waals surface area (Å²) in [5.41, 5.74) is 2.02. The van der Waals surface area contributed by atoms with E-state index in [9.17, 15) is 18.0 Å². The van der Waals surface area contributed by atoms with E-state index in [0.717, 1.165) is 32.7 Å². The Labute approximate surface area is 276 Å². The van der Waals surface area contributed by atoms with E-state index in [4.69, 9.17) is 0 Å². The van der Waals surface area contributed by atoms with E-state index in [1.54, 1.807) is 42.5 Å². The molecule has 0 unspecified atom stereocenters. The molecule has 4 aromatic rings. The lowest BCUT2D eigenvalue weighted by Gasteiger charge is -2.34. The van der Waals surface area contributed by atoms with Crippen LogP contribution >= 0.6 is 31.9 Å². The summed E-state index contributed by atoms with van der Waals surface area (Å²) < 4.78 is 30.7. The quantitative estimate of drug-likeness (QED) is 0.142. The Bertz CT molecular complexity index is 1640. The maximum Gasteiger partial charge on any atom is 0.264 e. The summed E-state index contributed by atoms with van der Waals surface area (Å²) in [5.74, 6) is -0.786. The van der Waals surface area contributed by atoms with E-state index in [2.05, 4.69) is 37.2 Å². The molecule has 0 aliphatic carbocycles. The van der Waals surface area contributed by atoms with E-state index in [1.165, 1.54) is 17.0 Å². The van der Waals surface area contributed by atoms with Crippen molar-refractivity contribution >= 4 is 59.4 Å². The number of halogens is 2. The molecule has 1 atom stereocenters.